The molecule has 0 spiro atoms. The molecule has 0 saturated heterocycles. The average Bonchev–Trinajstić information content (AvgIpc) is 2.81. The molecule has 1 aromatic carbocycles. The van der Waals surface area contributed by atoms with Gasteiger partial charge in [-0.05, 0) is 46.5 Å². The molecule has 3 nitrogen and oxygen atoms in total. The molecule has 0 aliphatic carbocycles. The summed E-state index contributed by atoms with van der Waals surface area (Å²) in [5.41, 5.74) is 7.42. The molecule has 1 atom stereocenters. The third-order valence-electron chi connectivity index (χ3n) is 2.85. The maximum Gasteiger partial charge on any atom is 0.0521 e. The number of thioether (sulfide) groups is 1. The van der Waals surface area contributed by atoms with E-state index in [9.17, 15) is 0 Å². The lowest BCUT2D eigenvalue weighted by molar-refractivity contribution is 0.673. The van der Waals surface area contributed by atoms with E-state index in [0.717, 1.165) is 23.1 Å². The Kier molecular flexibility index (Phi) is 5.48. The lowest BCUT2D eigenvalue weighted by Crippen LogP contribution is -2.23. The smallest absolute Gasteiger partial charge is 0.0521 e. The van der Waals surface area contributed by atoms with Gasteiger partial charge in [-0.1, -0.05) is 12.1 Å². The summed E-state index contributed by atoms with van der Waals surface area (Å²) >= 11 is 5.35. The highest BCUT2D eigenvalue weighted by Crippen LogP contribution is 2.27. The number of rotatable bonds is 6. The summed E-state index contributed by atoms with van der Waals surface area (Å²) in [5, 5.41) is 4.16. The second kappa shape index (κ2) is 7.12. The Morgan fingerprint density at radius 2 is 2.21 bits per heavy atom. The molecular weight excluding hydrogens is 322 g/mol. The van der Waals surface area contributed by atoms with E-state index < -0.39 is 0 Å². The lowest BCUT2D eigenvalue weighted by Gasteiger charge is -2.11. The fourth-order valence-electron chi connectivity index (χ4n) is 1.79. The van der Waals surface area contributed by atoms with Crippen molar-refractivity contribution in [2.45, 2.75) is 23.8 Å². The summed E-state index contributed by atoms with van der Waals surface area (Å²) in [7, 11) is 1.94. The maximum absolute atomic E-state index is 6.16. The highest BCUT2D eigenvalue weighted by atomic mass is 79.9. The van der Waals surface area contributed by atoms with Crippen molar-refractivity contribution in [1.82, 2.24) is 9.78 Å². The first-order valence-corrected chi connectivity index (χ1v) is 8.03. The number of hydrogen-bond acceptors (Lipinski definition) is 3. The van der Waals surface area contributed by atoms with Gasteiger partial charge in [0.25, 0.3) is 0 Å². The van der Waals surface area contributed by atoms with E-state index in [4.69, 9.17) is 5.73 Å². The molecule has 5 heteroatoms. The van der Waals surface area contributed by atoms with Gasteiger partial charge in [0.05, 0.1) is 6.20 Å². The molecule has 0 bridgehead atoms. The van der Waals surface area contributed by atoms with Crippen molar-refractivity contribution in [3.8, 4) is 0 Å². The molecule has 0 aliphatic rings. The maximum atomic E-state index is 6.16. The SMILES string of the molecule is Cn1cc(CCC(N)CSc2ccccc2Br)cn1. The quantitative estimate of drug-likeness (QED) is 0.821. The summed E-state index contributed by atoms with van der Waals surface area (Å²) < 4.78 is 2.97. The number of nitrogens with zero attached hydrogens (tertiary/aromatic N) is 2. The Morgan fingerprint density at radius 1 is 1.42 bits per heavy atom. The molecule has 0 saturated carbocycles. The van der Waals surface area contributed by atoms with Crippen molar-refractivity contribution < 1.29 is 0 Å². The summed E-state index contributed by atoms with van der Waals surface area (Å²) in [4.78, 5) is 1.25. The van der Waals surface area contributed by atoms with Crippen LogP contribution < -0.4 is 5.73 Å². The Morgan fingerprint density at radius 3 is 2.89 bits per heavy atom. The first-order chi connectivity index (χ1) is 9.15. The van der Waals surface area contributed by atoms with Crippen LogP contribution in [0, 0.1) is 0 Å². The largest absolute Gasteiger partial charge is 0.327 e. The third-order valence-corrected chi connectivity index (χ3v) is 5.07. The molecule has 102 valence electrons. The van der Waals surface area contributed by atoms with Gasteiger partial charge in [0, 0.05) is 34.4 Å². The fraction of sp³-hybridized carbons (Fsp3) is 0.357. The highest BCUT2D eigenvalue weighted by molar-refractivity contribution is 9.10. The molecule has 2 aromatic rings. The molecule has 0 radical (unpaired) electrons. The molecule has 0 fully saturated rings. The highest BCUT2D eigenvalue weighted by Gasteiger charge is 2.07. The van der Waals surface area contributed by atoms with Gasteiger partial charge in [0.1, 0.15) is 0 Å². The molecule has 19 heavy (non-hydrogen) atoms. The van der Waals surface area contributed by atoms with Crippen LogP contribution in [0.2, 0.25) is 0 Å². The van der Waals surface area contributed by atoms with Gasteiger partial charge in [0.2, 0.25) is 0 Å². The van der Waals surface area contributed by atoms with Crippen LogP contribution in [0.1, 0.15) is 12.0 Å². The minimum Gasteiger partial charge on any atom is -0.327 e. The number of hydrogen-bond donors (Lipinski definition) is 1. The van der Waals surface area contributed by atoms with Crippen LogP contribution in [0.3, 0.4) is 0 Å². The van der Waals surface area contributed by atoms with E-state index in [1.165, 1.54) is 10.5 Å². The van der Waals surface area contributed by atoms with E-state index in [2.05, 4.69) is 33.2 Å². The Labute approximate surface area is 126 Å². The van der Waals surface area contributed by atoms with Gasteiger partial charge < -0.3 is 5.73 Å². The average molecular weight is 340 g/mol. The van der Waals surface area contributed by atoms with Gasteiger partial charge in [-0.2, -0.15) is 5.10 Å². The van der Waals surface area contributed by atoms with Crippen LogP contribution >= 0.6 is 27.7 Å². The summed E-state index contributed by atoms with van der Waals surface area (Å²) in [5.74, 6) is 0.933. The predicted molar refractivity (Wildman–Crippen MR) is 84.4 cm³/mol. The van der Waals surface area contributed by atoms with E-state index in [1.807, 2.05) is 36.3 Å². The number of benzene rings is 1. The van der Waals surface area contributed by atoms with Crippen LogP contribution in [0.15, 0.2) is 46.0 Å². The standard InChI is InChI=1S/C14H18BrN3S/c1-18-9-11(8-17-18)6-7-12(16)10-19-14-5-3-2-4-13(14)15/h2-5,8-9,12H,6-7,10,16H2,1H3. The zero-order chi connectivity index (χ0) is 13.7. The molecule has 0 aliphatic heterocycles. The van der Waals surface area contributed by atoms with Crippen LogP contribution in [0.25, 0.3) is 0 Å². The molecule has 2 rings (SSSR count). The minimum absolute atomic E-state index is 0.206. The zero-order valence-corrected chi connectivity index (χ0v) is 13.3. The molecular formula is C14H18BrN3S. The van der Waals surface area contributed by atoms with Gasteiger partial charge in [0.15, 0.2) is 0 Å². The second-order valence-corrected chi connectivity index (χ2v) is 6.48. The number of halogens is 1. The summed E-state index contributed by atoms with van der Waals surface area (Å²) in [6.07, 6.45) is 5.94. The zero-order valence-electron chi connectivity index (χ0n) is 10.9. The van der Waals surface area contributed by atoms with Crippen LogP contribution in [-0.4, -0.2) is 21.6 Å². The van der Waals surface area contributed by atoms with Gasteiger partial charge in [-0.3, -0.25) is 4.68 Å². The summed E-state index contributed by atoms with van der Waals surface area (Å²) in [6.45, 7) is 0. The van der Waals surface area contributed by atoms with Gasteiger partial charge in [-0.15, -0.1) is 11.8 Å². The van der Waals surface area contributed by atoms with Crippen molar-refractivity contribution in [2.24, 2.45) is 12.8 Å². The molecule has 2 N–H and O–H groups in total. The Hall–Kier alpha value is -0.780. The van der Waals surface area contributed by atoms with Gasteiger partial charge >= 0.3 is 0 Å². The molecule has 1 unspecified atom stereocenters. The number of aryl methyl sites for hydroxylation is 2. The van der Waals surface area contributed by atoms with E-state index in [0.29, 0.717) is 0 Å². The van der Waals surface area contributed by atoms with Crippen molar-refractivity contribution in [2.75, 3.05) is 5.75 Å². The Bertz CT molecular complexity index is 527. The minimum atomic E-state index is 0.206. The second-order valence-electron chi connectivity index (χ2n) is 4.56. The van der Waals surface area contributed by atoms with Crippen molar-refractivity contribution in [1.29, 1.82) is 0 Å². The lowest BCUT2D eigenvalue weighted by atomic mass is 10.1. The van der Waals surface area contributed by atoms with Crippen LogP contribution in [0.5, 0.6) is 0 Å². The van der Waals surface area contributed by atoms with Crippen molar-refractivity contribution in [3.05, 3.63) is 46.7 Å². The Balaban J connectivity index is 1.76. The fourth-order valence-corrected chi connectivity index (χ4v) is 3.36. The van der Waals surface area contributed by atoms with Crippen molar-refractivity contribution >= 4 is 27.7 Å². The predicted octanol–water partition coefficient (Wildman–Crippen LogP) is 3.23. The molecule has 1 aromatic heterocycles. The third kappa shape index (κ3) is 4.67. The van der Waals surface area contributed by atoms with Crippen molar-refractivity contribution in [3.63, 3.8) is 0 Å². The molecule has 1 heterocycles. The number of aromatic nitrogens is 2. The van der Waals surface area contributed by atoms with E-state index in [-0.39, 0.29) is 6.04 Å². The van der Waals surface area contributed by atoms with Crippen LogP contribution in [0.4, 0.5) is 0 Å². The van der Waals surface area contributed by atoms with Crippen LogP contribution in [-0.2, 0) is 13.5 Å². The topological polar surface area (TPSA) is 43.8 Å². The summed E-state index contributed by atoms with van der Waals surface area (Å²) in [6, 6.07) is 8.45. The van der Waals surface area contributed by atoms with Gasteiger partial charge in [-0.25, -0.2) is 0 Å². The normalized spacial score (nSPS) is 12.6. The molecule has 0 amide bonds. The first-order valence-electron chi connectivity index (χ1n) is 6.25. The monoisotopic (exact) mass is 339 g/mol. The number of nitrogens with two attached hydrogens (primary N) is 1. The van der Waals surface area contributed by atoms with E-state index in [1.54, 1.807) is 11.8 Å². The van der Waals surface area contributed by atoms with E-state index >= 15 is 0 Å². The first kappa shape index (κ1) is 14.6.